The average Bonchev–Trinajstić information content (AvgIpc) is 3.27. The van der Waals surface area contributed by atoms with Gasteiger partial charge in [0.1, 0.15) is 5.75 Å². The summed E-state index contributed by atoms with van der Waals surface area (Å²) in [7, 11) is 0. The van der Waals surface area contributed by atoms with E-state index < -0.39 is 0 Å². The topological polar surface area (TPSA) is 79.5 Å². The maximum absolute atomic E-state index is 12.0. The molecule has 2 saturated heterocycles. The van der Waals surface area contributed by atoms with E-state index in [4.69, 9.17) is 4.74 Å². The van der Waals surface area contributed by atoms with Crippen LogP contribution in [0.25, 0.3) is 0 Å². The lowest BCUT2D eigenvalue weighted by Crippen LogP contribution is -2.36. The number of para-hydroxylation sites is 1. The molecule has 0 aromatic heterocycles. The van der Waals surface area contributed by atoms with Gasteiger partial charge in [-0.1, -0.05) is 37.5 Å². The molecule has 3 atom stereocenters. The van der Waals surface area contributed by atoms with Gasteiger partial charge in [0.15, 0.2) is 0 Å². The van der Waals surface area contributed by atoms with Crippen molar-refractivity contribution in [1.82, 2.24) is 16.0 Å². The van der Waals surface area contributed by atoms with E-state index in [0.717, 1.165) is 69.6 Å². The second-order valence-electron chi connectivity index (χ2n) is 7.79. The second kappa shape index (κ2) is 12.0. The first-order valence-electron chi connectivity index (χ1n) is 10.9. The summed E-state index contributed by atoms with van der Waals surface area (Å²) in [6, 6.07) is 10.4. The quantitative estimate of drug-likeness (QED) is 0.338. The summed E-state index contributed by atoms with van der Waals surface area (Å²) in [5.74, 6) is 2.08. The largest absolute Gasteiger partial charge is 0.494 e. The molecular weight excluding hydrogens is 386 g/mol. The zero-order chi connectivity index (χ0) is 20.3. The average molecular weight is 420 g/mol. The predicted octanol–water partition coefficient (Wildman–Crippen LogP) is 3.47. The van der Waals surface area contributed by atoms with Crippen molar-refractivity contribution < 1.29 is 14.3 Å². The Balaban J connectivity index is 1.11. The molecule has 3 N–H and O–H groups in total. The third-order valence-electron chi connectivity index (χ3n) is 5.49. The summed E-state index contributed by atoms with van der Waals surface area (Å²) in [5, 5.41) is 9.49. The molecular formula is C22H33N3O3S. The van der Waals surface area contributed by atoms with Gasteiger partial charge < -0.3 is 20.7 Å². The number of benzene rings is 1. The summed E-state index contributed by atoms with van der Waals surface area (Å²) < 4.78 is 5.68. The minimum Gasteiger partial charge on any atom is -0.494 e. The minimum absolute atomic E-state index is 0.0339. The van der Waals surface area contributed by atoms with Gasteiger partial charge in [-0.3, -0.25) is 4.79 Å². The molecule has 2 fully saturated rings. The van der Waals surface area contributed by atoms with Crippen LogP contribution in [0.15, 0.2) is 30.3 Å². The van der Waals surface area contributed by atoms with Crippen molar-refractivity contribution >= 4 is 23.7 Å². The van der Waals surface area contributed by atoms with Crippen molar-refractivity contribution in [3.63, 3.8) is 0 Å². The summed E-state index contributed by atoms with van der Waals surface area (Å²) in [5.41, 5.74) is 0. The van der Waals surface area contributed by atoms with Gasteiger partial charge in [0.25, 0.3) is 0 Å². The Morgan fingerprint density at radius 1 is 1.07 bits per heavy atom. The number of hydrogen-bond donors (Lipinski definition) is 3. The van der Waals surface area contributed by atoms with E-state index in [2.05, 4.69) is 16.0 Å². The zero-order valence-corrected chi connectivity index (χ0v) is 17.8. The predicted molar refractivity (Wildman–Crippen MR) is 117 cm³/mol. The molecule has 1 aromatic rings. The fourth-order valence-corrected chi connectivity index (χ4v) is 5.42. The smallest absolute Gasteiger partial charge is 0.315 e. The molecule has 0 bridgehead atoms. The molecule has 6 nitrogen and oxygen atoms in total. The first-order chi connectivity index (χ1) is 14.2. The highest BCUT2D eigenvalue weighted by atomic mass is 32.2. The third-order valence-corrected chi connectivity index (χ3v) is 6.99. The highest BCUT2D eigenvalue weighted by Gasteiger charge is 2.42. The number of urea groups is 1. The number of amides is 3. The lowest BCUT2D eigenvalue weighted by atomic mass is 10.0. The van der Waals surface area contributed by atoms with Gasteiger partial charge in [-0.05, 0) is 37.8 Å². The normalized spacial score (nSPS) is 22.6. The Kier molecular flexibility index (Phi) is 8.99. The number of thioether (sulfide) groups is 1. The molecule has 2 heterocycles. The molecule has 29 heavy (non-hydrogen) atoms. The molecule has 2 aliphatic heterocycles. The van der Waals surface area contributed by atoms with Crippen LogP contribution >= 0.6 is 11.8 Å². The Morgan fingerprint density at radius 2 is 1.90 bits per heavy atom. The fraction of sp³-hybridized carbons (Fsp3) is 0.636. The molecule has 3 amide bonds. The number of fused-ring (bicyclic) bond motifs is 1. The molecule has 0 unspecified atom stereocenters. The highest BCUT2D eigenvalue weighted by molar-refractivity contribution is 8.00. The van der Waals surface area contributed by atoms with E-state index in [-0.39, 0.29) is 24.0 Å². The maximum Gasteiger partial charge on any atom is 0.315 e. The highest BCUT2D eigenvalue weighted by Crippen LogP contribution is 2.33. The van der Waals surface area contributed by atoms with Gasteiger partial charge in [0, 0.05) is 24.0 Å². The van der Waals surface area contributed by atoms with Crippen molar-refractivity contribution in [2.45, 2.75) is 68.7 Å². The van der Waals surface area contributed by atoms with Crippen LogP contribution in [0.1, 0.15) is 51.4 Å². The standard InChI is InChI=1S/C22H33N3O3S/c26-20(13-7-6-12-19-21-18(16-29-19)24-22(27)25-21)23-14-8-1-2-9-15-28-17-10-4-3-5-11-17/h3-5,10-11,18-19,21H,1-2,6-9,12-16H2,(H,23,26)(H2,24,25,27)/t18-,19-,21-/m1/s1. The van der Waals surface area contributed by atoms with Crippen LogP contribution in [0.4, 0.5) is 4.79 Å². The molecule has 0 aliphatic carbocycles. The summed E-state index contributed by atoms with van der Waals surface area (Å²) in [6.07, 6.45) is 7.90. The van der Waals surface area contributed by atoms with Crippen molar-refractivity contribution in [2.24, 2.45) is 0 Å². The lowest BCUT2D eigenvalue weighted by molar-refractivity contribution is -0.121. The lowest BCUT2D eigenvalue weighted by Gasteiger charge is -2.16. The van der Waals surface area contributed by atoms with Crippen LogP contribution in [0.2, 0.25) is 0 Å². The van der Waals surface area contributed by atoms with Crippen LogP contribution in [0.3, 0.4) is 0 Å². The SMILES string of the molecule is O=C(CCCC[C@H]1SC[C@H]2NC(=O)N[C@H]21)NCCCCCCOc1ccccc1. The monoisotopic (exact) mass is 419 g/mol. The van der Waals surface area contributed by atoms with E-state index in [1.807, 2.05) is 42.1 Å². The van der Waals surface area contributed by atoms with Gasteiger partial charge in [-0.25, -0.2) is 4.79 Å². The number of carbonyl (C=O) groups excluding carboxylic acids is 2. The maximum atomic E-state index is 12.0. The number of unbranched alkanes of at least 4 members (excludes halogenated alkanes) is 4. The van der Waals surface area contributed by atoms with Crippen LogP contribution < -0.4 is 20.7 Å². The van der Waals surface area contributed by atoms with Crippen molar-refractivity contribution in [1.29, 1.82) is 0 Å². The van der Waals surface area contributed by atoms with E-state index in [0.29, 0.717) is 11.7 Å². The number of ether oxygens (including phenoxy) is 1. The van der Waals surface area contributed by atoms with Gasteiger partial charge >= 0.3 is 6.03 Å². The first-order valence-corrected chi connectivity index (χ1v) is 11.9. The van der Waals surface area contributed by atoms with Gasteiger partial charge in [-0.15, -0.1) is 0 Å². The van der Waals surface area contributed by atoms with Crippen molar-refractivity contribution in [2.75, 3.05) is 18.9 Å². The summed E-state index contributed by atoms with van der Waals surface area (Å²) in [4.78, 5) is 23.3. The number of hydrogen-bond acceptors (Lipinski definition) is 4. The van der Waals surface area contributed by atoms with Gasteiger partial charge in [-0.2, -0.15) is 11.8 Å². The molecule has 7 heteroatoms. The molecule has 1 aromatic carbocycles. The zero-order valence-electron chi connectivity index (χ0n) is 17.0. The van der Waals surface area contributed by atoms with Gasteiger partial charge in [0.05, 0.1) is 18.7 Å². The number of carbonyl (C=O) groups is 2. The Morgan fingerprint density at radius 3 is 2.76 bits per heavy atom. The minimum atomic E-state index is -0.0339. The number of rotatable bonds is 13. The molecule has 160 valence electrons. The Bertz CT molecular complexity index is 643. The van der Waals surface area contributed by atoms with Crippen LogP contribution in [-0.2, 0) is 4.79 Å². The number of nitrogens with one attached hydrogen (secondary N) is 3. The molecule has 0 radical (unpaired) electrons. The summed E-state index contributed by atoms with van der Waals surface area (Å²) >= 11 is 1.93. The van der Waals surface area contributed by atoms with Crippen LogP contribution in [0.5, 0.6) is 5.75 Å². The third kappa shape index (κ3) is 7.46. The summed E-state index contributed by atoms with van der Waals surface area (Å²) in [6.45, 7) is 1.51. The van der Waals surface area contributed by atoms with E-state index in [9.17, 15) is 9.59 Å². The van der Waals surface area contributed by atoms with Crippen molar-refractivity contribution in [3.8, 4) is 5.75 Å². The van der Waals surface area contributed by atoms with Crippen LogP contribution in [0, 0.1) is 0 Å². The second-order valence-corrected chi connectivity index (χ2v) is 9.07. The van der Waals surface area contributed by atoms with E-state index in [1.165, 1.54) is 0 Å². The molecule has 0 saturated carbocycles. The fourth-order valence-electron chi connectivity index (χ4n) is 3.88. The van der Waals surface area contributed by atoms with Crippen molar-refractivity contribution in [3.05, 3.63) is 30.3 Å². The molecule has 3 rings (SSSR count). The Labute approximate surface area is 177 Å². The molecule has 2 aliphatic rings. The molecule has 0 spiro atoms. The van der Waals surface area contributed by atoms with Gasteiger partial charge in [0.2, 0.25) is 5.91 Å². The van der Waals surface area contributed by atoms with Crippen LogP contribution in [-0.4, -0.2) is 48.2 Å². The Hall–Kier alpha value is -1.89. The first kappa shape index (κ1) is 21.8. The van der Waals surface area contributed by atoms with E-state index >= 15 is 0 Å². The van der Waals surface area contributed by atoms with E-state index in [1.54, 1.807) is 0 Å².